The van der Waals surface area contributed by atoms with Gasteiger partial charge >= 0.3 is 0 Å². The number of piperidine rings is 2. The topological polar surface area (TPSA) is 163 Å². The number of para-hydroxylation sites is 2. The number of fused-ring (bicyclic) bond motifs is 1. The SMILES string of the molecule is CCCc1cccc(NC2CCN(S(=O)(=O)c3ccc(CNC(=O)c4ccc(Cl)cc4)s3)CC2)c1.O=C(NCc1ccc(S(=O)(=O)N2CCC(n3cnc4ccccc43)CC2)s1)c1ccc(Cl)cc1. The summed E-state index contributed by atoms with van der Waals surface area (Å²) in [6.45, 7) is 4.58. The van der Waals surface area contributed by atoms with E-state index < -0.39 is 20.0 Å². The molecule has 5 heterocycles. The number of nitrogens with one attached hydrogen (secondary N) is 3. The molecule has 2 fully saturated rings. The molecule has 0 aliphatic carbocycles. The number of carbonyl (C=O) groups is 2. The molecule has 3 N–H and O–H groups in total. The van der Waals surface area contributed by atoms with Gasteiger partial charge in [0.1, 0.15) is 8.42 Å². The quantitative estimate of drug-likeness (QED) is 0.0914. The highest BCUT2D eigenvalue weighted by atomic mass is 35.5. The van der Waals surface area contributed by atoms with Gasteiger partial charge in [0.15, 0.2) is 0 Å². The van der Waals surface area contributed by atoms with Crippen molar-refractivity contribution in [1.29, 1.82) is 0 Å². The predicted octanol–water partition coefficient (Wildman–Crippen LogP) is 10.3. The lowest BCUT2D eigenvalue weighted by atomic mass is 10.1. The minimum atomic E-state index is -3.57. The number of imidazole rings is 1. The van der Waals surface area contributed by atoms with Crippen LogP contribution in [0.1, 0.15) is 81.1 Å². The van der Waals surface area contributed by atoms with Crippen molar-refractivity contribution in [2.75, 3.05) is 31.5 Å². The smallest absolute Gasteiger partial charge is 0.252 e. The molecule has 0 radical (unpaired) electrons. The number of halogens is 2. The van der Waals surface area contributed by atoms with Crippen molar-refractivity contribution in [1.82, 2.24) is 28.8 Å². The fraction of sp³-hybridized carbons (Fsp3) is 0.300. The van der Waals surface area contributed by atoms with Crippen LogP contribution in [-0.2, 0) is 39.6 Å². The van der Waals surface area contributed by atoms with Gasteiger partial charge in [0.2, 0.25) is 0 Å². The molecule has 2 amide bonds. The first kappa shape index (κ1) is 50.3. The van der Waals surface area contributed by atoms with Gasteiger partial charge in [-0.15, -0.1) is 22.7 Å². The van der Waals surface area contributed by atoms with Crippen molar-refractivity contribution in [3.63, 3.8) is 0 Å². The molecule has 362 valence electrons. The minimum absolute atomic E-state index is 0.223. The Balaban J connectivity index is 0.000000186. The normalized spacial score (nSPS) is 15.3. The third-order valence-electron chi connectivity index (χ3n) is 12.1. The van der Waals surface area contributed by atoms with Gasteiger partial charge < -0.3 is 20.5 Å². The lowest BCUT2D eigenvalue weighted by Gasteiger charge is -2.31. The maximum absolute atomic E-state index is 13.2. The van der Waals surface area contributed by atoms with Gasteiger partial charge in [-0.05, 0) is 135 Å². The average molecular weight is 1050 g/mol. The molecule has 7 aromatic rings. The van der Waals surface area contributed by atoms with Gasteiger partial charge in [-0.3, -0.25) is 9.59 Å². The van der Waals surface area contributed by atoms with Gasteiger partial charge in [0.05, 0.1) is 30.5 Å². The Labute approximate surface area is 421 Å². The Bertz CT molecular complexity index is 3090. The first-order chi connectivity index (χ1) is 33.3. The number of sulfonamides is 2. The molecule has 69 heavy (non-hydrogen) atoms. The Hall–Kier alpha value is -5.11. The number of aryl methyl sites for hydroxylation is 1. The number of aromatic nitrogens is 2. The van der Waals surface area contributed by atoms with E-state index in [1.165, 1.54) is 28.2 Å². The molecular weight excluding hydrogens is 994 g/mol. The molecule has 0 spiro atoms. The van der Waals surface area contributed by atoms with Gasteiger partial charge in [0, 0.05) is 74.9 Å². The average Bonchev–Trinajstić information content (AvgIpc) is 4.15. The second kappa shape index (κ2) is 22.8. The summed E-state index contributed by atoms with van der Waals surface area (Å²) in [4.78, 5) is 30.6. The van der Waals surface area contributed by atoms with E-state index in [1.807, 2.05) is 30.6 Å². The van der Waals surface area contributed by atoms with Crippen molar-refractivity contribution < 1.29 is 26.4 Å². The molecule has 3 aromatic heterocycles. The number of nitrogens with zero attached hydrogens (tertiary/aromatic N) is 4. The standard InChI is InChI=1S/C26H30ClN3O3S2.C24H23ClN4O3S2/c1-2-4-19-5-3-6-23(17-19)29-22-13-15-30(16-14-22)35(32,33)25-12-11-24(34-25)18-28-26(31)20-7-9-21(27)10-8-20;25-18-7-5-17(6-8-18)24(30)26-15-20-9-10-23(33-20)34(31,32)28-13-11-19(12-14-28)29-16-27-21-3-1-2-4-22(21)29/h3,5-12,17,22,29H,2,4,13-16,18H2,1H3,(H,28,31);1-10,16,19H,11-15H2,(H,26,30). The van der Waals surface area contributed by atoms with E-state index >= 15 is 0 Å². The summed E-state index contributed by atoms with van der Waals surface area (Å²) in [5, 5.41) is 10.4. The van der Waals surface area contributed by atoms with Crippen LogP contribution in [0.5, 0.6) is 0 Å². The number of anilines is 1. The number of amides is 2. The van der Waals surface area contributed by atoms with Crippen LogP contribution in [0.3, 0.4) is 0 Å². The highest BCUT2D eigenvalue weighted by molar-refractivity contribution is 7.91. The van der Waals surface area contributed by atoms with Crippen molar-refractivity contribution in [2.45, 2.75) is 79.0 Å². The number of hydrogen-bond donors (Lipinski definition) is 3. The zero-order valence-electron chi connectivity index (χ0n) is 37.9. The monoisotopic (exact) mass is 1050 g/mol. The second-order valence-corrected chi connectivity index (χ2v) is 24.4. The van der Waals surface area contributed by atoms with Crippen molar-refractivity contribution >= 4 is 94.5 Å². The molecule has 0 bridgehead atoms. The Morgan fingerprint density at radius 1 is 0.652 bits per heavy atom. The zero-order valence-corrected chi connectivity index (χ0v) is 42.7. The van der Waals surface area contributed by atoms with Crippen LogP contribution in [0.2, 0.25) is 10.0 Å². The molecule has 2 saturated heterocycles. The minimum Gasteiger partial charge on any atom is -0.382 e. The fourth-order valence-corrected chi connectivity index (χ4v) is 14.5. The Morgan fingerprint density at radius 3 is 1.71 bits per heavy atom. The van der Waals surface area contributed by atoms with E-state index in [0.29, 0.717) is 55.8 Å². The van der Waals surface area contributed by atoms with Gasteiger partial charge in [-0.25, -0.2) is 21.8 Å². The van der Waals surface area contributed by atoms with E-state index in [9.17, 15) is 26.4 Å². The molecular formula is C50H53Cl2N7O6S4. The largest absolute Gasteiger partial charge is 0.382 e. The molecule has 19 heteroatoms. The highest BCUT2D eigenvalue weighted by Gasteiger charge is 2.33. The van der Waals surface area contributed by atoms with Crippen LogP contribution in [0.25, 0.3) is 11.0 Å². The number of benzene rings is 4. The highest BCUT2D eigenvalue weighted by Crippen LogP contribution is 2.32. The first-order valence-electron chi connectivity index (χ1n) is 22.8. The summed E-state index contributed by atoms with van der Waals surface area (Å²) in [7, 11) is -7.12. The number of hydrogen-bond acceptors (Lipinski definition) is 10. The molecule has 2 aliphatic heterocycles. The lowest BCUT2D eigenvalue weighted by molar-refractivity contribution is 0.0943. The second-order valence-electron chi connectivity index (χ2n) is 16.9. The van der Waals surface area contributed by atoms with E-state index in [4.69, 9.17) is 23.2 Å². The third-order valence-corrected chi connectivity index (χ3v) is 19.5. The van der Waals surface area contributed by atoms with Gasteiger partial charge in [-0.1, -0.05) is 60.8 Å². The van der Waals surface area contributed by atoms with Crippen LogP contribution in [0.4, 0.5) is 5.69 Å². The van der Waals surface area contributed by atoms with Gasteiger partial charge in [0.25, 0.3) is 31.9 Å². The predicted molar refractivity (Wildman–Crippen MR) is 276 cm³/mol. The molecule has 0 saturated carbocycles. The number of rotatable bonds is 15. The summed E-state index contributed by atoms with van der Waals surface area (Å²) >= 11 is 14.1. The summed E-state index contributed by atoms with van der Waals surface area (Å²) in [5.74, 6) is -0.460. The third kappa shape index (κ3) is 12.6. The number of carbonyl (C=O) groups excluding carboxylic acids is 2. The number of thiophene rings is 2. The summed E-state index contributed by atoms with van der Waals surface area (Å²) in [6.07, 6.45) is 6.99. The summed E-state index contributed by atoms with van der Waals surface area (Å²) in [6, 6.07) is 36.9. The first-order valence-corrected chi connectivity index (χ1v) is 28.1. The van der Waals surface area contributed by atoms with E-state index in [-0.39, 0.29) is 37.0 Å². The van der Waals surface area contributed by atoms with Crippen LogP contribution in [0, 0.1) is 0 Å². The Kier molecular flexibility index (Phi) is 16.6. The van der Waals surface area contributed by atoms with Crippen LogP contribution in [-0.4, -0.2) is 79.0 Å². The van der Waals surface area contributed by atoms with Crippen LogP contribution < -0.4 is 16.0 Å². The van der Waals surface area contributed by atoms with E-state index in [0.717, 1.165) is 65.0 Å². The molecule has 4 aromatic carbocycles. The summed E-state index contributed by atoms with van der Waals surface area (Å²) in [5.41, 5.74) is 5.45. The zero-order chi connectivity index (χ0) is 48.5. The van der Waals surface area contributed by atoms with Crippen LogP contribution >= 0.6 is 45.9 Å². The van der Waals surface area contributed by atoms with E-state index in [1.54, 1.807) is 81.4 Å². The maximum atomic E-state index is 13.2. The molecule has 0 atom stereocenters. The lowest BCUT2D eigenvalue weighted by Crippen LogP contribution is -2.42. The molecule has 13 nitrogen and oxygen atoms in total. The van der Waals surface area contributed by atoms with E-state index in [2.05, 4.69) is 56.7 Å². The Morgan fingerprint density at radius 2 is 1.17 bits per heavy atom. The molecule has 9 rings (SSSR count). The van der Waals surface area contributed by atoms with Gasteiger partial charge in [-0.2, -0.15) is 8.61 Å². The summed E-state index contributed by atoms with van der Waals surface area (Å²) < 4.78 is 58.7. The van der Waals surface area contributed by atoms with Crippen LogP contribution in [0.15, 0.2) is 136 Å². The molecule has 2 aliphatic rings. The van der Waals surface area contributed by atoms with Crippen molar-refractivity contribution in [3.05, 3.63) is 164 Å². The molecule has 0 unspecified atom stereocenters. The maximum Gasteiger partial charge on any atom is 0.252 e. The van der Waals surface area contributed by atoms with Crippen molar-refractivity contribution in [3.8, 4) is 0 Å². The fourth-order valence-electron chi connectivity index (χ4n) is 8.39. The van der Waals surface area contributed by atoms with Crippen molar-refractivity contribution in [2.24, 2.45) is 0 Å².